The fraction of sp³-hybridized carbons (Fsp3) is 0.375. The predicted octanol–water partition coefficient (Wildman–Crippen LogP) is 3.45. The first-order valence-corrected chi connectivity index (χ1v) is 10.6. The molecule has 0 bridgehead atoms. The molecule has 2 heterocycles. The van der Waals surface area contributed by atoms with Gasteiger partial charge in [-0.1, -0.05) is 36.4 Å². The molecule has 2 aliphatic heterocycles. The van der Waals surface area contributed by atoms with Crippen LogP contribution in [0.15, 0.2) is 54.6 Å². The average Bonchev–Trinajstić information content (AvgIpc) is 2.78. The monoisotopic (exact) mass is 405 g/mol. The summed E-state index contributed by atoms with van der Waals surface area (Å²) in [6.45, 7) is 1.18. The number of para-hydroxylation sites is 2. The quantitative estimate of drug-likeness (QED) is 0.800. The van der Waals surface area contributed by atoms with Crippen molar-refractivity contribution in [1.82, 2.24) is 4.90 Å². The van der Waals surface area contributed by atoms with E-state index in [0.717, 1.165) is 16.9 Å². The van der Waals surface area contributed by atoms with Gasteiger partial charge in [0.15, 0.2) is 0 Å². The predicted molar refractivity (Wildman–Crippen MR) is 116 cm³/mol. The lowest BCUT2D eigenvalue weighted by atomic mass is 9.89. The highest BCUT2D eigenvalue weighted by Gasteiger charge is 2.30. The second kappa shape index (κ2) is 9.11. The number of nitrogens with zero attached hydrogens (tertiary/aromatic N) is 1. The van der Waals surface area contributed by atoms with Crippen molar-refractivity contribution in [2.75, 3.05) is 23.7 Å². The second-order valence-corrected chi connectivity index (χ2v) is 8.10. The number of carbonyl (C=O) groups is 3. The van der Waals surface area contributed by atoms with Crippen LogP contribution in [0.1, 0.15) is 31.2 Å². The third-order valence-electron chi connectivity index (χ3n) is 6.08. The molecular formula is C24H27N3O3. The van der Waals surface area contributed by atoms with Crippen molar-refractivity contribution in [2.24, 2.45) is 11.8 Å². The molecule has 2 aromatic rings. The van der Waals surface area contributed by atoms with Crippen LogP contribution in [0.4, 0.5) is 11.4 Å². The summed E-state index contributed by atoms with van der Waals surface area (Å²) in [6.07, 6.45) is 2.93. The SMILES string of the molecule is O=C(Nc1ccccc1)C1CCN(C(=O)CC[C@H]2Cc3ccccc3NC2=O)CC1. The minimum absolute atomic E-state index is 0.00205. The number of hydrogen-bond donors (Lipinski definition) is 2. The Kier molecular flexibility index (Phi) is 6.12. The Morgan fingerprint density at radius 2 is 1.70 bits per heavy atom. The zero-order valence-corrected chi connectivity index (χ0v) is 17.0. The number of carbonyl (C=O) groups excluding carboxylic acids is 3. The van der Waals surface area contributed by atoms with Crippen molar-refractivity contribution >= 4 is 29.1 Å². The Morgan fingerprint density at radius 1 is 1.00 bits per heavy atom. The van der Waals surface area contributed by atoms with Gasteiger partial charge in [-0.15, -0.1) is 0 Å². The topological polar surface area (TPSA) is 78.5 Å². The Balaban J connectivity index is 1.23. The lowest BCUT2D eigenvalue weighted by Gasteiger charge is -2.32. The van der Waals surface area contributed by atoms with Crippen molar-refractivity contribution in [3.8, 4) is 0 Å². The lowest BCUT2D eigenvalue weighted by Crippen LogP contribution is -2.41. The van der Waals surface area contributed by atoms with Crippen LogP contribution in [0, 0.1) is 11.8 Å². The van der Waals surface area contributed by atoms with Crippen LogP contribution in [0.3, 0.4) is 0 Å². The summed E-state index contributed by atoms with van der Waals surface area (Å²) in [6, 6.07) is 17.2. The van der Waals surface area contributed by atoms with E-state index in [1.807, 2.05) is 59.5 Å². The molecule has 0 spiro atoms. The fourth-order valence-electron chi connectivity index (χ4n) is 4.26. The van der Waals surface area contributed by atoms with Crippen molar-refractivity contribution in [3.05, 3.63) is 60.2 Å². The Hall–Kier alpha value is -3.15. The molecule has 0 unspecified atom stereocenters. The van der Waals surface area contributed by atoms with Gasteiger partial charge in [-0.2, -0.15) is 0 Å². The van der Waals surface area contributed by atoms with Crippen LogP contribution in [0.2, 0.25) is 0 Å². The molecule has 1 fully saturated rings. The smallest absolute Gasteiger partial charge is 0.227 e. The zero-order valence-electron chi connectivity index (χ0n) is 17.0. The van der Waals surface area contributed by atoms with Gasteiger partial charge in [0.05, 0.1) is 0 Å². The van der Waals surface area contributed by atoms with Gasteiger partial charge < -0.3 is 15.5 Å². The number of anilines is 2. The van der Waals surface area contributed by atoms with Gasteiger partial charge in [-0.05, 0) is 49.4 Å². The van der Waals surface area contributed by atoms with E-state index in [1.165, 1.54) is 0 Å². The maximum Gasteiger partial charge on any atom is 0.227 e. The summed E-state index contributed by atoms with van der Waals surface area (Å²) < 4.78 is 0. The molecule has 1 saturated heterocycles. The van der Waals surface area contributed by atoms with Gasteiger partial charge >= 0.3 is 0 Å². The lowest BCUT2D eigenvalue weighted by molar-refractivity contribution is -0.135. The molecule has 2 N–H and O–H groups in total. The Morgan fingerprint density at radius 3 is 2.47 bits per heavy atom. The van der Waals surface area contributed by atoms with Crippen molar-refractivity contribution in [1.29, 1.82) is 0 Å². The highest BCUT2D eigenvalue weighted by atomic mass is 16.2. The van der Waals surface area contributed by atoms with E-state index in [9.17, 15) is 14.4 Å². The van der Waals surface area contributed by atoms with E-state index in [1.54, 1.807) is 0 Å². The van der Waals surface area contributed by atoms with Gasteiger partial charge in [0.25, 0.3) is 0 Å². The van der Waals surface area contributed by atoms with Crippen molar-refractivity contribution < 1.29 is 14.4 Å². The molecule has 4 rings (SSSR count). The molecule has 0 aliphatic carbocycles. The standard InChI is InChI=1S/C24H27N3O3/c28-22(11-10-19-16-18-6-4-5-9-21(18)26-24(19)30)27-14-12-17(13-15-27)23(29)25-20-7-2-1-3-8-20/h1-9,17,19H,10-16H2,(H,25,29)(H,26,30)/t19-/m0/s1. The molecule has 3 amide bonds. The van der Waals surface area contributed by atoms with Gasteiger partial charge in [-0.25, -0.2) is 0 Å². The van der Waals surface area contributed by atoms with Gasteiger partial charge in [0.1, 0.15) is 0 Å². The number of amides is 3. The van der Waals surface area contributed by atoms with Crippen LogP contribution in [-0.4, -0.2) is 35.7 Å². The summed E-state index contributed by atoms with van der Waals surface area (Å²) in [5.41, 5.74) is 2.80. The van der Waals surface area contributed by atoms with Gasteiger partial charge in [0, 0.05) is 42.7 Å². The summed E-state index contributed by atoms with van der Waals surface area (Å²) in [5.74, 6) is -0.153. The first kappa shape index (κ1) is 20.1. The minimum Gasteiger partial charge on any atom is -0.343 e. The van der Waals surface area contributed by atoms with Crippen molar-refractivity contribution in [3.63, 3.8) is 0 Å². The van der Waals surface area contributed by atoms with E-state index < -0.39 is 0 Å². The maximum atomic E-state index is 12.7. The molecule has 0 radical (unpaired) electrons. The molecule has 156 valence electrons. The van der Waals surface area contributed by atoms with E-state index in [4.69, 9.17) is 0 Å². The average molecular weight is 405 g/mol. The summed E-state index contributed by atoms with van der Waals surface area (Å²) in [7, 11) is 0. The molecule has 30 heavy (non-hydrogen) atoms. The highest BCUT2D eigenvalue weighted by molar-refractivity contribution is 5.96. The first-order valence-electron chi connectivity index (χ1n) is 10.6. The first-order chi connectivity index (χ1) is 14.6. The van der Waals surface area contributed by atoms with Crippen molar-refractivity contribution in [2.45, 2.75) is 32.1 Å². The number of piperidine rings is 1. The molecule has 0 aromatic heterocycles. The normalized spacial score (nSPS) is 19.0. The molecule has 6 heteroatoms. The van der Waals surface area contributed by atoms with Crippen LogP contribution < -0.4 is 10.6 Å². The number of rotatable bonds is 5. The van der Waals surface area contributed by atoms with Crippen LogP contribution in [0.25, 0.3) is 0 Å². The van der Waals surface area contributed by atoms with E-state index >= 15 is 0 Å². The van der Waals surface area contributed by atoms with E-state index in [2.05, 4.69) is 10.6 Å². The van der Waals surface area contributed by atoms with Gasteiger partial charge in [-0.3, -0.25) is 14.4 Å². The summed E-state index contributed by atoms with van der Waals surface area (Å²) >= 11 is 0. The number of likely N-dealkylation sites (tertiary alicyclic amines) is 1. The summed E-state index contributed by atoms with van der Waals surface area (Å²) in [4.78, 5) is 39.3. The second-order valence-electron chi connectivity index (χ2n) is 8.10. The van der Waals surface area contributed by atoms with Crippen LogP contribution >= 0.6 is 0 Å². The third-order valence-corrected chi connectivity index (χ3v) is 6.08. The highest BCUT2D eigenvalue weighted by Crippen LogP contribution is 2.28. The largest absolute Gasteiger partial charge is 0.343 e. The van der Waals surface area contributed by atoms with Crippen LogP contribution in [-0.2, 0) is 20.8 Å². The maximum absolute atomic E-state index is 12.7. The van der Waals surface area contributed by atoms with E-state index in [0.29, 0.717) is 45.2 Å². The summed E-state index contributed by atoms with van der Waals surface area (Å²) in [5, 5.41) is 5.89. The zero-order chi connectivity index (χ0) is 20.9. The minimum atomic E-state index is -0.168. The third kappa shape index (κ3) is 4.70. The van der Waals surface area contributed by atoms with Gasteiger partial charge in [0.2, 0.25) is 17.7 Å². The molecule has 1 atom stereocenters. The Labute approximate surface area is 176 Å². The number of fused-ring (bicyclic) bond motifs is 1. The molecular weight excluding hydrogens is 378 g/mol. The van der Waals surface area contributed by atoms with E-state index in [-0.39, 0.29) is 29.6 Å². The number of hydrogen-bond acceptors (Lipinski definition) is 3. The fourth-order valence-corrected chi connectivity index (χ4v) is 4.26. The number of nitrogens with one attached hydrogen (secondary N) is 2. The molecule has 2 aliphatic rings. The number of benzene rings is 2. The molecule has 2 aromatic carbocycles. The molecule has 0 saturated carbocycles. The van der Waals surface area contributed by atoms with Crippen LogP contribution in [0.5, 0.6) is 0 Å². The molecule has 6 nitrogen and oxygen atoms in total. The Bertz CT molecular complexity index is 920.